The lowest BCUT2D eigenvalue weighted by Crippen LogP contribution is -2.39. The molecule has 0 saturated carbocycles. The topological polar surface area (TPSA) is 38.3 Å². The third kappa shape index (κ3) is 6.30. The Morgan fingerprint density at radius 2 is 2.26 bits per heavy atom. The molecule has 0 radical (unpaired) electrons. The number of hydrogen-bond acceptors (Lipinski definition) is 2. The summed E-state index contributed by atoms with van der Waals surface area (Å²) in [7, 11) is 0. The van der Waals surface area contributed by atoms with Crippen LogP contribution in [-0.2, 0) is 4.79 Å². The van der Waals surface area contributed by atoms with Crippen LogP contribution in [0.3, 0.4) is 0 Å². The minimum Gasteiger partial charge on any atom is -0.481 e. The molecule has 0 saturated heterocycles. The number of benzene rings is 1. The summed E-state index contributed by atoms with van der Waals surface area (Å²) in [5.74, 6) is 0.472. The lowest BCUT2D eigenvalue weighted by atomic mass is 10.2. The Morgan fingerprint density at radius 1 is 1.53 bits per heavy atom. The number of nitrogens with one attached hydrogen (secondary N) is 1. The molecule has 1 amide bonds. The van der Waals surface area contributed by atoms with E-state index < -0.39 is 6.10 Å². The maximum Gasteiger partial charge on any atom is 0.260 e. The van der Waals surface area contributed by atoms with Crippen LogP contribution < -0.4 is 10.1 Å². The molecular weight excluding hydrogens is 330 g/mol. The Balaban J connectivity index is 2.40. The van der Waals surface area contributed by atoms with Gasteiger partial charge in [0.1, 0.15) is 5.75 Å². The molecule has 0 spiro atoms. The van der Waals surface area contributed by atoms with Crippen molar-refractivity contribution in [2.45, 2.75) is 37.6 Å². The summed E-state index contributed by atoms with van der Waals surface area (Å²) in [5, 5.41) is 3.45. The Labute approximate surface area is 127 Å². The lowest BCUT2D eigenvalue weighted by molar-refractivity contribution is -0.127. The van der Waals surface area contributed by atoms with Crippen molar-refractivity contribution in [2.75, 3.05) is 6.54 Å². The molecule has 3 nitrogen and oxygen atoms in total. The van der Waals surface area contributed by atoms with Crippen molar-refractivity contribution in [3.8, 4) is 5.75 Å². The maximum absolute atomic E-state index is 11.9. The Bertz CT molecular complexity index is 414. The molecule has 0 aliphatic carbocycles. The van der Waals surface area contributed by atoms with Gasteiger partial charge in [0, 0.05) is 16.4 Å². The number of hydrogen-bond donors (Lipinski definition) is 1. The van der Waals surface area contributed by atoms with Gasteiger partial charge in [-0.1, -0.05) is 46.9 Å². The van der Waals surface area contributed by atoms with Crippen LogP contribution in [0.25, 0.3) is 0 Å². The van der Waals surface area contributed by atoms with Gasteiger partial charge in [-0.15, -0.1) is 0 Å². The van der Waals surface area contributed by atoms with E-state index in [4.69, 9.17) is 16.3 Å². The molecule has 0 fully saturated rings. The molecule has 106 valence electrons. The molecule has 0 heterocycles. The van der Waals surface area contributed by atoms with Gasteiger partial charge in [-0.25, -0.2) is 0 Å². The van der Waals surface area contributed by atoms with E-state index in [0.29, 0.717) is 22.1 Å². The number of ether oxygens (including phenoxy) is 1. The van der Waals surface area contributed by atoms with Crippen molar-refractivity contribution in [3.63, 3.8) is 0 Å². The molecule has 2 unspecified atom stereocenters. The van der Waals surface area contributed by atoms with Crippen LogP contribution in [-0.4, -0.2) is 23.4 Å². The van der Waals surface area contributed by atoms with Crippen LogP contribution in [0.2, 0.25) is 5.02 Å². The number of carbonyl (C=O) groups is 1. The summed E-state index contributed by atoms with van der Waals surface area (Å²) in [5.41, 5.74) is 0. The molecule has 1 rings (SSSR count). The van der Waals surface area contributed by atoms with Gasteiger partial charge in [0.2, 0.25) is 0 Å². The van der Waals surface area contributed by atoms with Gasteiger partial charge < -0.3 is 10.1 Å². The lowest BCUT2D eigenvalue weighted by Gasteiger charge is -2.16. The third-order valence-electron chi connectivity index (χ3n) is 2.58. The summed E-state index contributed by atoms with van der Waals surface area (Å²) in [6, 6.07) is 7.02. The average Bonchev–Trinajstić information content (AvgIpc) is 2.36. The first kappa shape index (κ1) is 16.3. The van der Waals surface area contributed by atoms with Gasteiger partial charge >= 0.3 is 0 Å². The second-order valence-electron chi connectivity index (χ2n) is 4.35. The van der Waals surface area contributed by atoms with Crippen molar-refractivity contribution >= 4 is 33.4 Å². The first-order valence-corrected chi connectivity index (χ1v) is 7.66. The Kier molecular flexibility index (Phi) is 7.24. The number of rotatable bonds is 7. The quantitative estimate of drug-likeness (QED) is 0.761. The SMILES string of the molecule is CCCC(Br)CNC(=O)C(C)Oc1cccc(Cl)c1. The zero-order valence-corrected chi connectivity index (χ0v) is 13.5. The van der Waals surface area contributed by atoms with Crippen molar-refractivity contribution in [1.29, 1.82) is 0 Å². The predicted molar refractivity (Wildman–Crippen MR) is 82.2 cm³/mol. The standard InChI is InChI=1S/C14H19BrClNO2/c1-3-5-11(15)9-17-14(18)10(2)19-13-7-4-6-12(16)8-13/h4,6-8,10-11H,3,5,9H2,1-2H3,(H,17,18). The highest BCUT2D eigenvalue weighted by molar-refractivity contribution is 9.09. The van der Waals surface area contributed by atoms with E-state index in [2.05, 4.69) is 28.2 Å². The summed E-state index contributed by atoms with van der Waals surface area (Å²) in [4.78, 5) is 12.2. The molecule has 1 aromatic carbocycles. The van der Waals surface area contributed by atoms with E-state index >= 15 is 0 Å². The van der Waals surface area contributed by atoms with Gasteiger partial charge in [0.05, 0.1) is 0 Å². The van der Waals surface area contributed by atoms with Crippen LogP contribution in [0, 0.1) is 0 Å². The summed E-state index contributed by atoms with van der Waals surface area (Å²) in [6.45, 7) is 4.44. The van der Waals surface area contributed by atoms with Gasteiger partial charge in [0.25, 0.3) is 5.91 Å². The van der Waals surface area contributed by atoms with E-state index in [1.165, 1.54) is 0 Å². The fourth-order valence-electron chi connectivity index (χ4n) is 1.57. The molecule has 1 aromatic rings. The molecule has 5 heteroatoms. The van der Waals surface area contributed by atoms with Crippen molar-refractivity contribution in [1.82, 2.24) is 5.32 Å². The van der Waals surface area contributed by atoms with Gasteiger partial charge in [-0.3, -0.25) is 4.79 Å². The second kappa shape index (κ2) is 8.43. The molecule has 0 bridgehead atoms. The summed E-state index contributed by atoms with van der Waals surface area (Å²) < 4.78 is 5.54. The van der Waals surface area contributed by atoms with Crippen LogP contribution in [0.4, 0.5) is 0 Å². The Hall–Kier alpha value is -0.740. The second-order valence-corrected chi connectivity index (χ2v) is 6.08. The zero-order chi connectivity index (χ0) is 14.3. The van der Waals surface area contributed by atoms with Crippen LogP contribution >= 0.6 is 27.5 Å². The van der Waals surface area contributed by atoms with E-state index in [0.717, 1.165) is 12.8 Å². The van der Waals surface area contributed by atoms with Crippen LogP contribution in [0.5, 0.6) is 5.75 Å². The number of amides is 1. The molecular formula is C14H19BrClNO2. The highest BCUT2D eigenvalue weighted by Gasteiger charge is 2.15. The zero-order valence-electron chi connectivity index (χ0n) is 11.2. The average molecular weight is 349 g/mol. The molecule has 0 aliphatic rings. The van der Waals surface area contributed by atoms with Gasteiger partial charge in [-0.2, -0.15) is 0 Å². The van der Waals surface area contributed by atoms with Crippen LogP contribution in [0.15, 0.2) is 24.3 Å². The fraction of sp³-hybridized carbons (Fsp3) is 0.500. The number of carbonyl (C=O) groups excluding carboxylic acids is 1. The predicted octanol–water partition coefficient (Wildman–Crippen LogP) is 3.79. The summed E-state index contributed by atoms with van der Waals surface area (Å²) >= 11 is 9.38. The maximum atomic E-state index is 11.9. The van der Waals surface area contributed by atoms with Crippen molar-refractivity contribution in [3.05, 3.63) is 29.3 Å². The van der Waals surface area contributed by atoms with E-state index in [-0.39, 0.29) is 5.91 Å². The summed E-state index contributed by atoms with van der Waals surface area (Å²) in [6.07, 6.45) is 1.57. The molecule has 0 aliphatic heterocycles. The van der Waals surface area contributed by atoms with E-state index in [1.54, 1.807) is 31.2 Å². The normalized spacial score (nSPS) is 13.7. The highest BCUT2D eigenvalue weighted by Crippen LogP contribution is 2.18. The highest BCUT2D eigenvalue weighted by atomic mass is 79.9. The number of alkyl halides is 1. The molecule has 1 N–H and O–H groups in total. The minimum absolute atomic E-state index is 0.125. The first-order valence-electron chi connectivity index (χ1n) is 6.37. The van der Waals surface area contributed by atoms with Crippen molar-refractivity contribution in [2.24, 2.45) is 0 Å². The Morgan fingerprint density at radius 3 is 2.89 bits per heavy atom. The molecule has 19 heavy (non-hydrogen) atoms. The van der Waals surface area contributed by atoms with Crippen molar-refractivity contribution < 1.29 is 9.53 Å². The molecule has 0 aromatic heterocycles. The number of halogens is 2. The largest absolute Gasteiger partial charge is 0.481 e. The van der Waals surface area contributed by atoms with Gasteiger partial charge in [0.15, 0.2) is 6.10 Å². The van der Waals surface area contributed by atoms with E-state index in [1.807, 2.05) is 0 Å². The van der Waals surface area contributed by atoms with E-state index in [9.17, 15) is 4.79 Å². The third-order valence-corrected chi connectivity index (χ3v) is 3.59. The fourth-order valence-corrected chi connectivity index (χ4v) is 2.37. The minimum atomic E-state index is -0.542. The first-order chi connectivity index (χ1) is 9.02. The van der Waals surface area contributed by atoms with Crippen LogP contribution in [0.1, 0.15) is 26.7 Å². The van der Waals surface area contributed by atoms with Gasteiger partial charge in [-0.05, 0) is 31.5 Å². The molecule has 2 atom stereocenters. The monoisotopic (exact) mass is 347 g/mol. The smallest absolute Gasteiger partial charge is 0.260 e.